The van der Waals surface area contributed by atoms with Gasteiger partial charge in [-0.05, 0) is 37.0 Å². The van der Waals surface area contributed by atoms with Crippen molar-refractivity contribution in [2.75, 3.05) is 14.1 Å². The fraction of sp³-hybridized carbons (Fsp3) is 0.579. The molecule has 1 fully saturated rings. The predicted octanol–water partition coefficient (Wildman–Crippen LogP) is 3.02. The third-order valence-corrected chi connectivity index (χ3v) is 5.05. The minimum absolute atomic E-state index is 0.369. The summed E-state index contributed by atoms with van der Waals surface area (Å²) in [5.74, 6) is -0.739. The normalized spacial score (nSPS) is 17.3. The van der Waals surface area contributed by atoms with Crippen LogP contribution in [0.3, 0.4) is 0 Å². The van der Waals surface area contributed by atoms with Crippen LogP contribution in [0.25, 0.3) is 0 Å². The number of nitrogens with zero attached hydrogens (tertiary/aromatic N) is 3. The Kier molecular flexibility index (Phi) is 6.28. The van der Waals surface area contributed by atoms with E-state index in [9.17, 15) is 14.4 Å². The van der Waals surface area contributed by atoms with E-state index >= 15 is 0 Å². The lowest BCUT2D eigenvalue weighted by Crippen LogP contribution is -2.63. The summed E-state index contributed by atoms with van der Waals surface area (Å²) in [6.07, 6.45) is 8.85. The molecular weight excluding hydrogens is 318 g/mol. The molecule has 1 aliphatic rings. The van der Waals surface area contributed by atoms with Crippen LogP contribution in [0.4, 0.5) is 4.79 Å². The second-order valence-electron chi connectivity index (χ2n) is 6.76. The minimum Gasteiger partial charge on any atom is -0.273 e. The molecule has 4 amide bonds. The SMILES string of the molecule is CCCCCCC1(CCc2ccncc2)C(=O)N(C)C(=O)N(C)C1=O. The number of carbonyl (C=O) groups excluding carboxylic acids is 3. The van der Waals surface area contributed by atoms with Gasteiger partial charge in [-0.2, -0.15) is 0 Å². The number of urea groups is 1. The third-order valence-electron chi connectivity index (χ3n) is 5.05. The molecular formula is C19H27N3O3. The zero-order chi connectivity index (χ0) is 18.4. The summed E-state index contributed by atoms with van der Waals surface area (Å²) in [5, 5.41) is 0. The van der Waals surface area contributed by atoms with Crippen molar-refractivity contribution in [1.29, 1.82) is 0 Å². The largest absolute Gasteiger partial charge is 0.332 e. The number of aryl methyl sites for hydroxylation is 1. The maximum absolute atomic E-state index is 12.9. The molecule has 136 valence electrons. The molecule has 2 rings (SSSR count). The van der Waals surface area contributed by atoms with Gasteiger partial charge in [0.2, 0.25) is 11.8 Å². The highest BCUT2D eigenvalue weighted by Gasteiger charge is 2.54. The highest BCUT2D eigenvalue weighted by atomic mass is 16.2. The highest BCUT2D eigenvalue weighted by Crippen LogP contribution is 2.38. The molecule has 6 heteroatoms. The fourth-order valence-electron chi connectivity index (χ4n) is 3.45. The first-order valence-electron chi connectivity index (χ1n) is 8.93. The van der Waals surface area contributed by atoms with Crippen LogP contribution in [0, 0.1) is 5.41 Å². The van der Waals surface area contributed by atoms with Crippen molar-refractivity contribution in [3.8, 4) is 0 Å². The molecule has 1 aliphatic heterocycles. The van der Waals surface area contributed by atoms with E-state index in [2.05, 4.69) is 11.9 Å². The average molecular weight is 345 g/mol. The van der Waals surface area contributed by atoms with Gasteiger partial charge in [0.15, 0.2) is 0 Å². The summed E-state index contributed by atoms with van der Waals surface area (Å²) in [7, 11) is 2.92. The number of amides is 4. The fourth-order valence-corrected chi connectivity index (χ4v) is 3.45. The monoisotopic (exact) mass is 345 g/mol. The van der Waals surface area contributed by atoms with Crippen molar-refractivity contribution in [2.45, 2.75) is 51.9 Å². The molecule has 0 spiro atoms. The van der Waals surface area contributed by atoms with Crippen LogP contribution in [0.15, 0.2) is 24.5 Å². The van der Waals surface area contributed by atoms with E-state index in [0.29, 0.717) is 19.3 Å². The van der Waals surface area contributed by atoms with Gasteiger partial charge in [-0.1, -0.05) is 32.6 Å². The lowest BCUT2D eigenvalue weighted by Gasteiger charge is -2.42. The van der Waals surface area contributed by atoms with Crippen LogP contribution in [-0.2, 0) is 16.0 Å². The Hall–Kier alpha value is -2.24. The number of imide groups is 2. The van der Waals surface area contributed by atoms with Crippen LogP contribution < -0.4 is 0 Å². The van der Waals surface area contributed by atoms with Gasteiger partial charge in [-0.15, -0.1) is 0 Å². The number of hydrogen-bond acceptors (Lipinski definition) is 4. The molecule has 0 atom stereocenters. The zero-order valence-corrected chi connectivity index (χ0v) is 15.3. The van der Waals surface area contributed by atoms with E-state index in [1.165, 1.54) is 14.1 Å². The summed E-state index contributed by atoms with van der Waals surface area (Å²) < 4.78 is 0. The summed E-state index contributed by atoms with van der Waals surface area (Å²) in [6, 6.07) is 3.23. The van der Waals surface area contributed by atoms with E-state index in [0.717, 1.165) is 41.0 Å². The zero-order valence-electron chi connectivity index (χ0n) is 15.3. The number of rotatable bonds is 8. The van der Waals surface area contributed by atoms with Crippen molar-refractivity contribution in [3.05, 3.63) is 30.1 Å². The Bertz CT molecular complexity index is 606. The number of barbiturate groups is 1. The molecule has 0 N–H and O–H groups in total. The van der Waals surface area contributed by atoms with Crippen LogP contribution in [0.1, 0.15) is 51.0 Å². The quantitative estimate of drug-likeness (QED) is 0.536. The molecule has 1 aromatic heterocycles. The number of hydrogen-bond donors (Lipinski definition) is 0. The number of unbranched alkanes of at least 4 members (excludes halogenated alkanes) is 3. The van der Waals surface area contributed by atoms with Gasteiger partial charge < -0.3 is 0 Å². The predicted molar refractivity (Wildman–Crippen MR) is 94.7 cm³/mol. The Balaban J connectivity index is 2.25. The molecule has 1 saturated heterocycles. The second kappa shape index (κ2) is 8.23. The molecule has 0 aliphatic carbocycles. The Morgan fingerprint density at radius 1 is 0.920 bits per heavy atom. The maximum Gasteiger partial charge on any atom is 0.332 e. The topological polar surface area (TPSA) is 70.6 Å². The molecule has 0 radical (unpaired) electrons. The molecule has 0 unspecified atom stereocenters. The number of aromatic nitrogens is 1. The highest BCUT2D eigenvalue weighted by molar-refractivity contribution is 6.18. The van der Waals surface area contributed by atoms with Gasteiger partial charge >= 0.3 is 6.03 Å². The molecule has 1 aromatic rings. The van der Waals surface area contributed by atoms with E-state index in [1.807, 2.05) is 12.1 Å². The van der Waals surface area contributed by atoms with Crippen LogP contribution in [-0.4, -0.2) is 46.7 Å². The molecule has 0 bridgehead atoms. The number of carbonyl (C=O) groups is 3. The number of pyridine rings is 1. The average Bonchev–Trinajstić information content (AvgIpc) is 2.64. The van der Waals surface area contributed by atoms with Gasteiger partial charge in [0.25, 0.3) is 0 Å². The van der Waals surface area contributed by atoms with E-state index < -0.39 is 11.4 Å². The Labute approximate surface area is 149 Å². The van der Waals surface area contributed by atoms with Crippen LogP contribution >= 0.6 is 0 Å². The molecule has 0 aromatic carbocycles. The molecule has 6 nitrogen and oxygen atoms in total. The van der Waals surface area contributed by atoms with Crippen molar-refractivity contribution in [2.24, 2.45) is 5.41 Å². The summed E-state index contributed by atoms with van der Waals surface area (Å²) >= 11 is 0. The van der Waals surface area contributed by atoms with Gasteiger partial charge in [0.1, 0.15) is 5.41 Å². The standard InChI is InChI=1S/C19H27N3O3/c1-4-5-6-7-11-19(12-8-15-9-13-20-14-10-15)16(23)21(2)18(25)22(3)17(19)24/h9-10,13-14H,4-8,11-12H2,1-3H3. The van der Waals surface area contributed by atoms with Crippen molar-refractivity contribution in [3.63, 3.8) is 0 Å². The lowest BCUT2D eigenvalue weighted by atomic mass is 9.74. The van der Waals surface area contributed by atoms with Crippen molar-refractivity contribution >= 4 is 17.8 Å². The van der Waals surface area contributed by atoms with Crippen LogP contribution in [0.5, 0.6) is 0 Å². The maximum atomic E-state index is 12.9. The van der Waals surface area contributed by atoms with E-state index in [-0.39, 0.29) is 11.8 Å². The first-order chi connectivity index (χ1) is 11.9. The molecule has 2 heterocycles. The second-order valence-corrected chi connectivity index (χ2v) is 6.76. The first kappa shape index (κ1) is 19.1. The van der Waals surface area contributed by atoms with Gasteiger partial charge in [0.05, 0.1) is 0 Å². The van der Waals surface area contributed by atoms with E-state index in [4.69, 9.17) is 0 Å². The summed E-state index contributed by atoms with van der Waals surface area (Å²) in [4.78, 5) is 44.2. The Morgan fingerprint density at radius 3 is 2.08 bits per heavy atom. The van der Waals surface area contributed by atoms with Crippen molar-refractivity contribution in [1.82, 2.24) is 14.8 Å². The Morgan fingerprint density at radius 2 is 1.52 bits per heavy atom. The van der Waals surface area contributed by atoms with Crippen molar-refractivity contribution < 1.29 is 14.4 Å². The van der Waals surface area contributed by atoms with Crippen LogP contribution in [0.2, 0.25) is 0 Å². The van der Waals surface area contributed by atoms with Gasteiger partial charge in [0, 0.05) is 26.5 Å². The molecule has 0 saturated carbocycles. The van der Waals surface area contributed by atoms with Gasteiger partial charge in [-0.3, -0.25) is 24.4 Å². The minimum atomic E-state index is -1.14. The summed E-state index contributed by atoms with van der Waals surface area (Å²) in [6.45, 7) is 2.12. The van der Waals surface area contributed by atoms with E-state index in [1.54, 1.807) is 12.4 Å². The van der Waals surface area contributed by atoms with Gasteiger partial charge in [-0.25, -0.2) is 4.79 Å². The third kappa shape index (κ3) is 3.89. The first-order valence-corrected chi connectivity index (χ1v) is 8.93. The smallest absolute Gasteiger partial charge is 0.273 e. The molecule has 25 heavy (non-hydrogen) atoms. The summed E-state index contributed by atoms with van der Waals surface area (Å²) in [5.41, 5.74) is -0.111. The lowest BCUT2D eigenvalue weighted by molar-refractivity contribution is -0.158.